The number of carboxylic acid groups (broad SMARTS) is 1. The van der Waals surface area contributed by atoms with Crippen LogP contribution in [0.5, 0.6) is 11.5 Å². The smallest absolute Gasteiger partial charge is 0.500 e. The van der Waals surface area contributed by atoms with Gasteiger partial charge in [0.2, 0.25) is 0 Å². The Labute approximate surface area is 399 Å². The van der Waals surface area contributed by atoms with Gasteiger partial charge in [0.05, 0.1) is 35.8 Å². The lowest BCUT2D eigenvalue weighted by Crippen LogP contribution is -2.70. The van der Waals surface area contributed by atoms with Crippen molar-refractivity contribution in [2.45, 2.75) is 143 Å². The molecule has 0 spiro atoms. The van der Waals surface area contributed by atoms with E-state index in [1.54, 1.807) is 0 Å². The zero-order valence-electron chi connectivity index (χ0n) is 37.6. The van der Waals surface area contributed by atoms with Crippen LogP contribution in [-0.4, -0.2) is 136 Å². The Bertz CT molecular complexity index is 2020. The first-order valence-corrected chi connectivity index (χ1v) is 22.3. The van der Waals surface area contributed by atoms with Gasteiger partial charge in [0.1, 0.15) is 6.09 Å². The Morgan fingerprint density at radius 2 is 0.878 bits per heavy atom. The van der Waals surface area contributed by atoms with Crippen LogP contribution in [0.4, 0.5) is 125 Å². The summed E-state index contributed by atoms with van der Waals surface area (Å²) >= 11 is 0. The number of carbonyl (C=O) groups excluding carboxylic acids is 1. The minimum absolute atomic E-state index is 0.00377. The summed E-state index contributed by atoms with van der Waals surface area (Å²) in [4.78, 5) is 23.5. The monoisotopic (exact) mass is 1170 g/mol. The van der Waals surface area contributed by atoms with Gasteiger partial charge in [-0.3, -0.25) is 10.1 Å². The molecule has 1 unspecified atom stereocenters. The maximum Gasteiger partial charge on any atom is 0.500 e. The fourth-order valence-electron chi connectivity index (χ4n) is 6.23. The number of hydrogen-bond donors (Lipinski definition) is 0. The van der Waals surface area contributed by atoms with Gasteiger partial charge < -0.3 is 37.6 Å². The van der Waals surface area contributed by atoms with Crippen molar-refractivity contribution in [2.75, 3.05) is 39.6 Å². The molecule has 1 atom stereocenters. The second-order valence-corrected chi connectivity index (χ2v) is 18.0. The first-order valence-electron chi connectivity index (χ1n) is 20.4. The van der Waals surface area contributed by atoms with Crippen LogP contribution in [0.25, 0.3) is 0 Å². The van der Waals surface area contributed by atoms with Gasteiger partial charge in [-0.25, -0.2) is 0 Å². The molecular formula is C36H39F26N2O9Si-. The molecule has 0 saturated heterocycles. The number of alkyl halides is 26. The van der Waals surface area contributed by atoms with Gasteiger partial charge in [-0.15, -0.1) is 0 Å². The molecule has 74 heavy (non-hydrogen) atoms. The Kier molecular flexibility index (Phi) is 21.2. The molecule has 1 rings (SSSR count). The van der Waals surface area contributed by atoms with Crippen LogP contribution in [0.1, 0.15) is 71.4 Å². The summed E-state index contributed by atoms with van der Waals surface area (Å²) in [6, 6.07) is -1.75. The van der Waals surface area contributed by atoms with E-state index in [0.29, 0.717) is 4.90 Å². The van der Waals surface area contributed by atoms with Gasteiger partial charge in [-0.1, -0.05) is 0 Å². The fraction of sp³-hybridized carbons (Fsp3) is 0.806. The number of nitrogens with zero attached hydrogens (tertiary/aromatic N) is 2. The van der Waals surface area contributed by atoms with E-state index in [2.05, 4.69) is 0 Å². The largest absolute Gasteiger partial charge is 0.530 e. The van der Waals surface area contributed by atoms with Crippen molar-refractivity contribution in [1.29, 1.82) is 0 Å². The molecular weight excluding hydrogens is 1130 g/mol. The van der Waals surface area contributed by atoms with Gasteiger partial charge in [0.15, 0.2) is 11.5 Å². The van der Waals surface area contributed by atoms with E-state index in [0.717, 1.165) is 6.92 Å². The SMILES string of the molecule is CCO[Si](CCCN(C(=O)[O-])C(C)c1cc(OCCCC(F)(F)C(F)(F)C(F)(F)C(F)(F)C(F)(F)C(F)(F)F)c(OCCCC(F)(F)C(F)(F)C(F)(F)C(F)(F)C(F)(F)C(F)(F)F)cc1[N+](=O)[O-])(OCC)OCC. The number of halogens is 26. The third-order valence-electron chi connectivity index (χ3n) is 10.2. The van der Waals surface area contributed by atoms with Crippen molar-refractivity contribution in [3.63, 3.8) is 0 Å². The predicted octanol–water partition coefficient (Wildman–Crippen LogP) is 12.5. The van der Waals surface area contributed by atoms with E-state index in [1.807, 2.05) is 0 Å². The number of hydrogen-bond acceptors (Lipinski definition) is 9. The summed E-state index contributed by atoms with van der Waals surface area (Å²) in [5.41, 5.74) is -2.30. The van der Waals surface area contributed by atoms with Crippen LogP contribution in [0.15, 0.2) is 12.1 Å². The Morgan fingerprint density at radius 3 is 1.18 bits per heavy atom. The van der Waals surface area contributed by atoms with Crippen molar-refractivity contribution >= 4 is 20.6 Å². The Balaban J connectivity index is 3.82. The number of benzene rings is 1. The molecule has 0 aromatic heterocycles. The second-order valence-electron chi connectivity index (χ2n) is 15.2. The molecule has 1 amide bonds. The van der Waals surface area contributed by atoms with Crippen LogP contribution in [0.3, 0.4) is 0 Å². The summed E-state index contributed by atoms with van der Waals surface area (Å²) in [6.07, 6.45) is -27.7. The minimum Gasteiger partial charge on any atom is -0.530 e. The lowest BCUT2D eigenvalue weighted by atomic mass is 9.92. The van der Waals surface area contributed by atoms with Crippen molar-refractivity contribution in [3.8, 4) is 11.5 Å². The van der Waals surface area contributed by atoms with Crippen molar-refractivity contribution in [1.82, 2.24) is 4.90 Å². The van der Waals surface area contributed by atoms with Gasteiger partial charge in [0, 0.05) is 45.3 Å². The highest BCUT2D eigenvalue weighted by molar-refractivity contribution is 6.60. The number of rotatable bonds is 31. The number of nitro benzene ring substituents is 1. The average molecular weight is 1170 g/mol. The standard InChI is InChI=1S/C36H40F26N2O9Si/c1-5-71-74(72-6-2,73-7-3)16-10-13-63(24(65)66)19(4)20-17-22(69-14-8-11-25(37,38)27(41,42)29(45,46)31(49,50)33(53,54)35(57,58)59)23(18-21(20)64(67)68)70-15-9-12-26(39,40)28(43,44)30(47,48)32(51,52)34(55,56)36(60,61)62/h17-19H,5-16H2,1-4H3,(H,65,66)/p-1. The minimum atomic E-state index is -8.30. The highest BCUT2D eigenvalue weighted by Crippen LogP contribution is 2.62. The summed E-state index contributed by atoms with van der Waals surface area (Å²) in [6.45, 7) is 1.17. The quantitative estimate of drug-likeness (QED) is 0.0234. The van der Waals surface area contributed by atoms with E-state index >= 15 is 0 Å². The molecule has 0 aliphatic heterocycles. The Hall–Kier alpha value is -4.23. The molecule has 0 saturated carbocycles. The third kappa shape index (κ3) is 12.9. The lowest BCUT2D eigenvalue weighted by molar-refractivity contribution is -0.440. The summed E-state index contributed by atoms with van der Waals surface area (Å²) in [5.74, 6) is -81.0. The molecule has 0 bridgehead atoms. The zero-order chi connectivity index (χ0) is 58.6. The van der Waals surface area contributed by atoms with Crippen LogP contribution in [0, 0.1) is 10.1 Å². The van der Waals surface area contributed by atoms with Crippen molar-refractivity contribution in [2.24, 2.45) is 0 Å². The number of nitro groups is 1. The molecule has 0 aliphatic rings. The molecule has 0 heterocycles. The maximum atomic E-state index is 14.5. The maximum absolute atomic E-state index is 14.5. The summed E-state index contributed by atoms with van der Waals surface area (Å²) in [5, 5.41) is 24.5. The number of amides is 1. The third-order valence-corrected chi connectivity index (χ3v) is 13.4. The topological polar surface area (TPSA) is 133 Å². The highest BCUT2D eigenvalue weighted by atomic mass is 28.4. The van der Waals surface area contributed by atoms with E-state index in [4.69, 9.17) is 22.8 Å². The fourth-order valence-corrected chi connectivity index (χ4v) is 8.83. The normalized spacial score (nSPS) is 15.1. The highest BCUT2D eigenvalue weighted by Gasteiger charge is 2.92. The molecule has 0 aliphatic carbocycles. The first kappa shape index (κ1) is 67.8. The molecule has 11 nitrogen and oxygen atoms in total. The van der Waals surface area contributed by atoms with Crippen molar-refractivity contribution < 1.29 is 152 Å². The first-order chi connectivity index (χ1) is 33.0. The van der Waals surface area contributed by atoms with Crippen LogP contribution in [-0.2, 0) is 13.3 Å². The average Bonchev–Trinajstić information content (AvgIpc) is 3.24. The van der Waals surface area contributed by atoms with E-state index in [9.17, 15) is 134 Å². The van der Waals surface area contributed by atoms with Gasteiger partial charge in [0.25, 0.3) is 5.69 Å². The second kappa shape index (κ2) is 23.2. The number of ether oxygens (including phenoxy) is 2. The summed E-state index contributed by atoms with van der Waals surface area (Å²) < 4.78 is 380. The van der Waals surface area contributed by atoms with E-state index < -0.39 is 166 Å². The number of carbonyl (C=O) groups is 1. The molecule has 434 valence electrons. The predicted molar refractivity (Wildman–Crippen MR) is 195 cm³/mol. The molecule has 38 heteroatoms. The van der Waals surface area contributed by atoms with Crippen LogP contribution in [0.2, 0.25) is 6.04 Å². The molecule has 0 radical (unpaired) electrons. The lowest BCUT2D eigenvalue weighted by Gasteiger charge is -2.39. The Morgan fingerprint density at radius 1 is 0.554 bits per heavy atom. The summed E-state index contributed by atoms with van der Waals surface area (Å²) in [7, 11) is -3.58. The van der Waals surface area contributed by atoms with Gasteiger partial charge >= 0.3 is 80.4 Å². The van der Waals surface area contributed by atoms with Gasteiger partial charge in [-0.2, -0.15) is 114 Å². The zero-order valence-corrected chi connectivity index (χ0v) is 38.6. The van der Waals surface area contributed by atoms with Crippen LogP contribution < -0.4 is 14.6 Å². The molecule has 0 N–H and O–H groups in total. The van der Waals surface area contributed by atoms with Crippen LogP contribution >= 0.6 is 0 Å². The molecule has 0 fully saturated rings. The molecule has 1 aromatic rings. The van der Waals surface area contributed by atoms with Gasteiger partial charge in [-0.05, 0) is 53.0 Å². The van der Waals surface area contributed by atoms with E-state index in [-0.39, 0.29) is 44.4 Å². The van der Waals surface area contributed by atoms with Crippen molar-refractivity contribution in [3.05, 3.63) is 27.8 Å². The van der Waals surface area contributed by atoms with E-state index in [1.165, 1.54) is 20.8 Å². The molecule has 1 aromatic carbocycles.